The van der Waals surface area contributed by atoms with Crippen molar-refractivity contribution >= 4 is 29.2 Å². The average molecular weight is 297 g/mol. The fourth-order valence-electron chi connectivity index (χ4n) is 1.20. The number of carbonyl (C=O) groups is 1. The lowest BCUT2D eigenvalue weighted by Crippen LogP contribution is -2.27. The Balaban J connectivity index is 2.20. The molecule has 0 spiro atoms. The maximum absolute atomic E-state index is 11.5. The maximum atomic E-state index is 11.5. The van der Waals surface area contributed by atoms with E-state index in [0.29, 0.717) is 0 Å². The van der Waals surface area contributed by atoms with Crippen LogP contribution < -0.4 is 16.5 Å². The second kappa shape index (κ2) is 6.27. The van der Waals surface area contributed by atoms with Gasteiger partial charge in [0.05, 0.1) is 6.61 Å². The van der Waals surface area contributed by atoms with Crippen LogP contribution in [0.5, 0.6) is 0 Å². The standard InChI is InChI=1S/C8H11N9O4/c1-2-19-4(18)3-17(8-6(10)13-21-15-8)16-11-7-5(9)12-20-14-7/h2-3H2,1H3,(H2,9,12)(H2,10,13). The van der Waals surface area contributed by atoms with Gasteiger partial charge in [-0.15, -0.1) is 5.11 Å². The van der Waals surface area contributed by atoms with Crippen molar-refractivity contribution in [3.05, 3.63) is 0 Å². The molecule has 21 heavy (non-hydrogen) atoms. The summed E-state index contributed by atoms with van der Waals surface area (Å²) in [6.45, 7) is 1.55. The summed E-state index contributed by atoms with van der Waals surface area (Å²) in [6.07, 6.45) is 0. The SMILES string of the molecule is CCOC(=O)CN(N=Nc1nonc1N)c1nonc1N. The molecular weight excluding hydrogens is 286 g/mol. The predicted molar refractivity (Wildman–Crippen MR) is 65.9 cm³/mol. The van der Waals surface area contributed by atoms with Gasteiger partial charge in [-0.25, -0.2) is 14.3 Å². The van der Waals surface area contributed by atoms with Crippen molar-refractivity contribution in [3.63, 3.8) is 0 Å². The van der Waals surface area contributed by atoms with Crippen LogP contribution >= 0.6 is 0 Å². The molecule has 0 aliphatic carbocycles. The summed E-state index contributed by atoms with van der Waals surface area (Å²) in [5, 5.41) is 22.0. The van der Waals surface area contributed by atoms with Crippen molar-refractivity contribution in [2.24, 2.45) is 10.3 Å². The molecule has 0 atom stereocenters. The summed E-state index contributed by atoms with van der Waals surface area (Å²) in [6, 6.07) is 0. The van der Waals surface area contributed by atoms with Gasteiger partial charge in [0, 0.05) is 0 Å². The van der Waals surface area contributed by atoms with Crippen LogP contribution in [0.1, 0.15) is 6.92 Å². The normalized spacial score (nSPS) is 10.9. The first-order chi connectivity index (χ1) is 10.1. The van der Waals surface area contributed by atoms with Crippen LogP contribution in [0.2, 0.25) is 0 Å². The van der Waals surface area contributed by atoms with E-state index in [9.17, 15) is 4.79 Å². The summed E-state index contributed by atoms with van der Waals surface area (Å²) in [7, 11) is 0. The van der Waals surface area contributed by atoms with Crippen molar-refractivity contribution < 1.29 is 18.8 Å². The number of carbonyl (C=O) groups excluding carboxylic acids is 1. The number of aromatic nitrogens is 4. The van der Waals surface area contributed by atoms with E-state index in [1.165, 1.54) is 0 Å². The maximum Gasteiger partial charge on any atom is 0.327 e. The Kier molecular flexibility index (Phi) is 4.23. The number of anilines is 3. The monoisotopic (exact) mass is 297 g/mol. The lowest BCUT2D eigenvalue weighted by Gasteiger charge is -2.12. The van der Waals surface area contributed by atoms with Crippen LogP contribution in [-0.2, 0) is 9.53 Å². The number of nitrogens with zero attached hydrogens (tertiary/aromatic N) is 7. The molecule has 0 fully saturated rings. The fourth-order valence-corrected chi connectivity index (χ4v) is 1.20. The molecule has 0 aliphatic heterocycles. The zero-order chi connectivity index (χ0) is 15.2. The van der Waals surface area contributed by atoms with Gasteiger partial charge in [-0.1, -0.05) is 5.22 Å². The molecule has 0 aromatic carbocycles. The Labute approximate surface area is 116 Å². The van der Waals surface area contributed by atoms with Gasteiger partial charge < -0.3 is 16.2 Å². The minimum atomic E-state index is -0.579. The number of nitrogens with two attached hydrogens (primary N) is 2. The van der Waals surface area contributed by atoms with E-state index in [2.05, 4.69) is 40.2 Å². The summed E-state index contributed by atoms with van der Waals surface area (Å²) < 4.78 is 13.6. The van der Waals surface area contributed by atoms with Crippen molar-refractivity contribution in [2.45, 2.75) is 6.92 Å². The van der Waals surface area contributed by atoms with Gasteiger partial charge in [0.2, 0.25) is 17.5 Å². The molecule has 0 bridgehead atoms. The number of rotatable bonds is 6. The molecule has 0 amide bonds. The second-order valence-electron chi connectivity index (χ2n) is 3.50. The lowest BCUT2D eigenvalue weighted by molar-refractivity contribution is -0.141. The topological polar surface area (TPSA) is 184 Å². The summed E-state index contributed by atoms with van der Waals surface area (Å²) >= 11 is 0. The molecule has 0 unspecified atom stereocenters. The van der Waals surface area contributed by atoms with Gasteiger partial charge in [0.1, 0.15) is 6.54 Å². The number of nitrogen functional groups attached to an aromatic ring is 2. The van der Waals surface area contributed by atoms with Crippen molar-refractivity contribution in [3.8, 4) is 0 Å². The highest BCUT2D eigenvalue weighted by Gasteiger charge is 2.20. The largest absolute Gasteiger partial charge is 0.465 e. The first-order valence-electron chi connectivity index (χ1n) is 5.62. The van der Waals surface area contributed by atoms with Crippen LogP contribution in [0.15, 0.2) is 19.6 Å². The molecule has 2 aromatic heterocycles. The van der Waals surface area contributed by atoms with E-state index in [4.69, 9.17) is 16.2 Å². The summed E-state index contributed by atoms with van der Waals surface area (Å²) in [5.41, 5.74) is 11.0. The minimum absolute atomic E-state index is 0.0122. The Morgan fingerprint density at radius 1 is 1.24 bits per heavy atom. The van der Waals surface area contributed by atoms with E-state index < -0.39 is 5.97 Å². The quantitative estimate of drug-likeness (QED) is 0.404. The van der Waals surface area contributed by atoms with Crippen LogP contribution in [0.3, 0.4) is 0 Å². The first-order valence-corrected chi connectivity index (χ1v) is 5.62. The van der Waals surface area contributed by atoms with E-state index >= 15 is 0 Å². The Morgan fingerprint density at radius 3 is 2.52 bits per heavy atom. The minimum Gasteiger partial charge on any atom is -0.465 e. The van der Waals surface area contributed by atoms with Gasteiger partial charge in [-0.2, -0.15) is 0 Å². The molecule has 4 N–H and O–H groups in total. The zero-order valence-electron chi connectivity index (χ0n) is 10.8. The van der Waals surface area contributed by atoms with Gasteiger partial charge in [0.15, 0.2) is 0 Å². The molecule has 2 heterocycles. The van der Waals surface area contributed by atoms with E-state index in [-0.39, 0.29) is 36.4 Å². The molecule has 2 rings (SSSR count). The van der Waals surface area contributed by atoms with Crippen molar-refractivity contribution in [1.29, 1.82) is 0 Å². The second-order valence-corrected chi connectivity index (χ2v) is 3.50. The summed E-state index contributed by atoms with van der Waals surface area (Å²) in [4.78, 5) is 11.5. The highest BCUT2D eigenvalue weighted by Crippen LogP contribution is 2.21. The van der Waals surface area contributed by atoms with Crippen LogP contribution in [0.4, 0.5) is 23.3 Å². The molecule has 0 radical (unpaired) electrons. The third-order valence-corrected chi connectivity index (χ3v) is 2.07. The lowest BCUT2D eigenvalue weighted by atomic mass is 10.5. The zero-order valence-corrected chi connectivity index (χ0v) is 10.8. The van der Waals surface area contributed by atoms with Gasteiger partial charge in [-0.05, 0) is 27.6 Å². The smallest absolute Gasteiger partial charge is 0.327 e. The first kappa shape index (κ1) is 14.2. The summed E-state index contributed by atoms with van der Waals surface area (Å²) in [5.74, 6) is -0.809. The van der Waals surface area contributed by atoms with E-state index in [1.54, 1.807) is 6.92 Å². The molecule has 112 valence electrons. The highest BCUT2D eigenvalue weighted by atomic mass is 16.6. The highest BCUT2D eigenvalue weighted by molar-refractivity contribution is 5.76. The van der Waals surface area contributed by atoms with E-state index in [1.807, 2.05) is 0 Å². The van der Waals surface area contributed by atoms with Crippen molar-refractivity contribution in [1.82, 2.24) is 20.6 Å². The number of ether oxygens (including phenoxy) is 1. The fraction of sp³-hybridized carbons (Fsp3) is 0.375. The number of hydrogen-bond donors (Lipinski definition) is 2. The van der Waals surface area contributed by atoms with Gasteiger partial charge in [0.25, 0.3) is 5.82 Å². The van der Waals surface area contributed by atoms with Crippen LogP contribution in [0.25, 0.3) is 0 Å². The Hall–Kier alpha value is -3.25. The van der Waals surface area contributed by atoms with Crippen LogP contribution in [-0.4, -0.2) is 39.7 Å². The van der Waals surface area contributed by atoms with Gasteiger partial charge >= 0.3 is 5.97 Å². The molecule has 2 aromatic rings. The van der Waals surface area contributed by atoms with Gasteiger partial charge in [-0.3, -0.25) is 4.79 Å². The molecule has 13 heteroatoms. The molecule has 0 aliphatic rings. The van der Waals surface area contributed by atoms with E-state index in [0.717, 1.165) is 5.01 Å². The van der Waals surface area contributed by atoms with Crippen molar-refractivity contribution in [2.75, 3.05) is 29.6 Å². The molecule has 0 saturated heterocycles. The molecule has 0 saturated carbocycles. The number of hydrogen-bond acceptors (Lipinski definition) is 12. The third-order valence-electron chi connectivity index (χ3n) is 2.07. The third kappa shape index (κ3) is 3.40. The van der Waals surface area contributed by atoms with Crippen LogP contribution in [0, 0.1) is 0 Å². The average Bonchev–Trinajstić information content (AvgIpc) is 3.04. The molecular formula is C8H11N9O4. The predicted octanol–water partition coefficient (Wildman–Crippen LogP) is -0.315. The Bertz CT molecular complexity index is 635. The molecule has 13 nitrogen and oxygen atoms in total. The number of esters is 1. The Morgan fingerprint density at radius 2 is 1.95 bits per heavy atom.